The van der Waals surface area contributed by atoms with E-state index in [1.165, 1.54) is 0 Å². The van der Waals surface area contributed by atoms with Gasteiger partial charge in [0.15, 0.2) is 5.17 Å². The van der Waals surface area contributed by atoms with Gasteiger partial charge < -0.3 is 4.98 Å². The molecule has 2 aromatic rings. The number of benzene rings is 1. The van der Waals surface area contributed by atoms with E-state index in [2.05, 4.69) is 24.9 Å². The van der Waals surface area contributed by atoms with Crippen LogP contribution in [-0.4, -0.2) is 33.3 Å². The number of hydrogen-bond donors (Lipinski definition) is 1. The molecule has 0 atom stereocenters. The minimum atomic E-state index is -0.377. The number of aliphatic imine (C=N–C) groups is 1. The van der Waals surface area contributed by atoms with E-state index < -0.39 is 0 Å². The van der Waals surface area contributed by atoms with Crippen molar-refractivity contribution in [2.45, 2.75) is 52.9 Å². The molecule has 3 rings (SSSR count). The van der Waals surface area contributed by atoms with Gasteiger partial charge in [-0.25, -0.2) is 4.99 Å². The van der Waals surface area contributed by atoms with Crippen molar-refractivity contribution in [3.8, 4) is 6.07 Å². The molecule has 1 amide bonds. The van der Waals surface area contributed by atoms with E-state index in [9.17, 15) is 14.9 Å². The van der Waals surface area contributed by atoms with Gasteiger partial charge in [0.25, 0.3) is 5.56 Å². The fraction of sp³-hybridized carbons (Fsp3) is 0.417. The van der Waals surface area contributed by atoms with Crippen LogP contribution in [0, 0.1) is 25.2 Å². The van der Waals surface area contributed by atoms with Gasteiger partial charge in [-0.05, 0) is 55.4 Å². The van der Waals surface area contributed by atoms with Crippen LogP contribution in [0.3, 0.4) is 0 Å². The number of amides is 1. The van der Waals surface area contributed by atoms with Gasteiger partial charge in [-0.2, -0.15) is 5.26 Å². The van der Waals surface area contributed by atoms with Crippen molar-refractivity contribution in [3.63, 3.8) is 0 Å². The maximum absolute atomic E-state index is 13.1. The zero-order chi connectivity index (χ0) is 22.5. The van der Waals surface area contributed by atoms with Crippen LogP contribution < -0.4 is 5.56 Å². The molecule has 162 valence electrons. The molecule has 31 heavy (non-hydrogen) atoms. The molecule has 1 fully saturated rings. The summed E-state index contributed by atoms with van der Waals surface area (Å²) in [5, 5.41) is 10.0. The predicted octanol–water partition coefficient (Wildman–Crippen LogP) is 4.57. The lowest BCUT2D eigenvalue weighted by molar-refractivity contribution is -0.127. The van der Waals surface area contributed by atoms with E-state index in [-0.39, 0.29) is 17.0 Å². The molecule has 0 unspecified atom stereocenters. The third-order valence-corrected chi connectivity index (χ3v) is 6.64. The number of hydrogen-bond acceptors (Lipinski definition) is 5. The van der Waals surface area contributed by atoms with Crippen molar-refractivity contribution in [1.82, 2.24) is 9.88 Å². The topological polar surface area (TPSA) is 89.3 Å². The SMILES string of the molecule is Cc1[nH]c(=O)c(C#N)c(C)c1CCC(=O)N1CCCSC1=Nc1ccccc1C(C)C. The van der Waals surface area contributed by atoms with Crippen LogP contribution in [0.1, 0.15) is 60.6 Å². The van der Waals surface area contributed by atoms with Crippen LogP contribution in [0.2, 0.25) is 0 Å². The zero-order valence-corrected chi connectivity index (χ0v) is 19.3. The fourth-order valence-electron chi connectivity index (χ4n) is 3.85. The molecular formula is C24H28N4O2S. The van der Waals surface area contributed by atoms with E-state index >= 15 is 0 Å². The maximum atomic E-state index is 13.1. The highest BCUT2D eigenvalue weighted by atomic mass is 32.2. The van der Waals surface area contributed by atoms with Crippen LogP contribution in [0.15, 0.2) is 34.1 Å². The molecule has 1 N–H and O–H groups in total. The van der Waals surface area contributed by atoms with Crippen LogP contribution in [0.5, 0.6) is 0 Å². The summed E-state index contributed by atoms with van der Waals surface area (Å²) in [5.41, 5.74) is 4.04. The number of rotatable bonds is 5. The number of thioether (sulfide) groups is 1. The predicted molar refractivity (Wildman–Crippen MR) is 126 cm³/mol. The lowest BCUT2D eigenvalue weighted by Crippen LogP contribution is -2.39. The summed E-state index contributed by atoms with van der Waals surface area (Å²) >= 11 is 1.62. The highest BCUT2D eigenvalue weighted by Gasteiger charge is 2.24. The molecule has 1 aromatic heterocycles. The highest BCUT2D eigenvalue weighted by molar-refractivity contribution is 8.13. The average molecular weight is 437 g/mol. The first-order chi connectivity index (χ1) is 14.8. The number of carbonyl (C=O) groups is 1. The number of amidine groups is 1. The number of carbonyl (C=O) groups excluding carboxylic acids is 1. The van der Waals surface area contributed by atoms with Crippen molar-refractivity contribution in [2.24, 2.45) is 4.99 Å². The normalized spacial score (nSPS) is 15.4. The third kappa shape index (κ3) is 5.08. The highest BCUT2D eigenvalue weighted by Crippen LogP contribution is 2.30. The molecule has 0 spiro atoms. The van der Waals surface area contributed by atoms with Crippen molar-refractivity contribution in [2.75, 3.05) is 12.3 Å². The first-order valence-corrected chi connectivity index (χ1v) is 11.5. The molecule has 0 radical (unpaired) electrons. The summed E-state index contributed by atoms with van der Waals surface area (Å²) in [6, 6.07) is 10.0. The lowest BCUT2D eigenvalue weighted by atomic mass is 9.99. The second kappa shape index (κ2) is 9.97. The van der Waals surface area contributed by atoms with Crippen LogP contribution in [0.25, 0.3) is 0 Å². The summed E-state index contributed by atoms with van der Waals surface area (Å²) in [4.78, 5) is 34.5. The number of nitrogens with zero attached hydrogens (tertiary/aromatic N) is 3. The standard InChI is InChI=1S/C24H28N4O2S/c1-15(2)18-8-5-6-9-21(18)27-24-28(12-7-13-31-24)22(29)11-10-19-16(3)20(14-25)23(30)26-17(19)4/h5-6,8-9,15H,7,10-13H2,1-4H3,(H,26,30). The number of para-hydroxylation sites is 1. The molecule has 1 saturated heterocycles. The molecule has 7 heteroatoms. The monoisotopic (exact) mass is 436 g/mol. The molecule has 0 bridgehead atoms. The minimum Gasteiger partial charge on any atom is -0.325 e. The molecule has 2 heterocycles. The smallest absolute Gasteiger partial charge is 0.266 e. The number of nitriles is 1. The van der Waals surface area contributed by atoms with E-state index in [4.69, 9.17) is 4.99 Å². The number of aryl methyl sites for hydroxylation is 1. The summed E-state index contributed by atoms with van der Waals surface area (Å²) in [6.45, 7) is 8.51. The molecule has 1 aromatic carbocycles. The van der Waals surface area contributed by atoms with Gasteiger partial charge in [0.05, 0.1) is 5.69 Å². The number of aromatic amines is 1. The molecule has 0 aliphatic carbocycles. The third-order valence-electron chi connectivity index (χ3n) is 5.57. The summed E-state index contributed by atoms with van der Waals surface area (Å²) in [7, 11) is 0. The Balaban J connectivity index is 1.83. The Morgan fingerprint density at radius 2 is 2.06 bits per heavy atom. The van der Waals surface area contributed by atoms with Crippen LogP contribution in [0.4, 0.5) is 5.69 Å². The van der Waals surface area contributed by atoms with Gasteiger partial charge in [0, 0.05) is 24.4 Å². The number of pyridine rings is 1. The Kier molecular flexibility index (Phi) is 7.34. The Hall–Kier alpha value is -2.85. The quantitative estimate of drug-likeness (QED) is 0.743. The second-order valence-electron chi connectivity index (χ2n) is 8.02. The summed E-state index contributed by atoms with van der Waals surface area (Å²) < 4.78 is 0. The van der Waals surface area contributed by atoms with Crippen LogP contribution in [-0.2, 0) is 11.2 Å². The Labute approximate surface area is 187 Å². The number of aromatic nitrogens is 1. The first-order valence-electron chi connectivity index (χ1n) is 10.6. The second-order valence-corrected chi connectivity index (χ2v) is 9.09. The van der Waals surface area contributed by atoms with Gasteiger partial charge in [0.2, 0.25) is 5.91 Å². The van der Waals surface area contributed by atoms with Crippen LogP contribution >= 0.6 is 11.8 Å². The minimum absolute atomic E-state index is 0.0106. The van der Waals surface area contributed by atoms with Gasteiger partial charge in [-0.1, -0.05) is 43.8 Å². The first kappa shape index (κ1) is 22.8. The van der Waals surface area contributed by atoms with Crippen molar-refractivity contribution >= 4 is 28.5 Å². The summed E-state index contributed by atoms with van der Waals surface area (Å²) in [5.74, 6) is 1.30. The molecule has 1 aliphatic rings. The fourth-order valence-corrected chi connectivity index (χ4v) is 4.82. The van der Waals surface area contributed by atoms with E-state index in [1.807, 2.05) is 31.2 Å². The summed E-state index contributed by atoms with van der Waals surface area (Å²) in [6.07, 6.45) is 1.69. The van der Waals surface area contributed by atoms with Gasteiger partial charge in [-0.15, -0.1) is 0 Å². The average Bonchev–Trinajstić information content (AvgIpc) is 2.74. The number of H-pyrrole nitrogens is 1. The van der Waals surface area contributed by atoms with E-state index in [0.717, 1.165) is 34.2 Å². The van der Waals surface area contributed by atoms with Crippen molar-refractivity contribution < 1.29 is 4.79 Å². The largest absolute Gasteiger partial charge is 0.325 e. The molecule has 1 aliphatic heterocycles. The molecular weight excluding hydrogens is 408 g/mol. The Bertz CT molecular complexity index is 1110. The zero-order valence-electron chi connectivity index (χ0n) is 18.5. The van der Waals surface area contributed by atoms with Crippen molar-refractivity contribution in [3.05, 3.63) is 62.6 Å². The van der Waals surface area contributed by atoms with E-state index in [0.29, 0.717) is 36.6 Å². The molecule has 6 nitrogen and oxygen atoms in total. The lowest BCUT2D eigenvalue weighted by Gasteiger charge is -2.28. The van der Waals surface area contributed by atoms with Gasteiger partial charge >= 0.3 is 0 Å². The Morgan fingerprint density at radius 1 is 1.32 bits per heavy atom. The van der Waals surface area contributed by atoms with Gasteiger partial charge in [0.1, 0.15) is 11.6 Å². The maximum Gasteiger partial charge on any atom is 0.266 e. The van der Waals surface area contributed by atoms with Gasteiger partial charge in [-0.3, -0.25) is 14.5 Å². The number of nitrogens with one attached hydrogen (secondary N) is 1. The van der Waals surface area contributed by atoms with Crippen molar-refractivity contribution in [1.29, 1.82) is 5.26 Å². The molecule has 0 saturated carbocycles. The Morgan fingerprint density at radius 3 is 2.77 bits per heavy atom. The van der Waals surface area contributed by atoms with E-state index in [1.54, 1.807) is 23.6 Å².